The van der Waals surface area contributed by atoms with Crippen molar-refractivity contribution in [3.8, 4) is 11.5 Å². The Kier molecular flexibility index (Phi) is 6.62. The molecule has 2 aromatic rings. The number of benzene rings is 1. The summed E-state index contributed by atoms with van der Waals surface area (Å²) in [6, 6.07) is 8.65. The van der Waals surface area contributed by atoms with E-state index in [1.165, 1.54) is 19.1 Å². The number of aromatic nitrogens is 1. The molecule has 1 heterocycles. The molecule has 7 nitrogen and oxygen atoms in total. The highest BCUT2D eigenvalue weighted by Crippen LogP contribution is 2.24. The van der Waals surface area contributed by atoms with Crippen LogP contribution in [0.25, 0.3) is 0 Å². The van der Waals surface area contributed by atoms with Gasteiger partial charge in [-0.25, -0.2) is 0 Å². The first kappa shape index (κ1) is 21.2. The summed E-state index contributed by atoms with van der Waals surface area (Å²) in [4.78, 5) is 29.7. The Hall–Kier alpha value is -3.09. The molecule has 2 rings (SSSR count). The number of nitrogens with zero attached hydrogens (tertiary/aromatic N) is 2. The number of methoxy groups -OCH3 is 2. The molecule has 0 aliphatic heterocycles. The highest BCUT2D eigenvalue weighted by molar-refractivity contribution is 5.94. The van der Waals surface area contributed by atoms with E-state index in [4.69, 9.17) is 9.47 Å². The number of pyridine rings is 1. The number of carbonyl (C=O) groups is 2. The summed E-state index contributed by atoms with van der Waals surface area (Å²) in [5.41, 5.74) is 1.79. The van der Waals surface area contributed by atoms with E-state index in [9.17, 15) is 14.7 Å². The van der Waals surface area contributed by atoms with Crippen LogP contribution in [0.15, 0.2) is 36.5 Å². The summed E-state index contributed by atoms with van der Waals surface area (Å²) < 4.78 is 10.5. The first-order valence-corrected chi connectivity index (χ1v) is 8.83. The van der Waals surface area contributed by atoms with Crippen molar-refractivity contribution in [3.63, 3.8) is 0 Å². The van der Waals surface area contributed by atoms with Crippen LogP contribution in [0.2, 0.25) is 0 Å². The number of aliphatic carboxylic acids is 1. The van der Waals surface area contributed by atoms with Crippen molar-refractivity contribution in [3.05, 3.63) is 53.3 Å². The van der Waals surface area contributed by atoms with Crippen LogP contribution in [-0.2, 0) is 16.8 Å². The highest BCUT2D eigenvalue weighted by atomic mass is 16.5. The number of hydrogen-bond acceptors (Lipinski definition) is 5. The second-order valence-corrected chi connectivity index (χ2v) is 7.46. The second-order valence-electron chi connectivity index (χ2n) is 7.46. The molecule has 0 saturated heterocycles. The Morgan fingerprint density at radius 3 is 2.11 bits per heavy atom. The van der Waals surface area contributed by atoms with E-state index in [2.05, 4.69) is 25.8 Å². The van der Waals surface area contributed by atoms with E-state index in [0.717, 1.165) is 5.56 Å². The number of ether oxygens (including phenoxy) is 2. The van der Waals surface area contributed by atoms with Crippen LogP contribution in [0.3, 0.4) is 0 Å². The smallest absolute Gasteiger partial charge is 0.323 e. The highest BCUT2D eigenvalue weighted by Gasteiger charge is 2.22. The molecule has 0 aliphatic rings. The quantitative estimate of drug-likeness (QED) is 0.786. The molecule has 0 unspecified atom stereocenters. The van der Waals surface area contributed by atoms with Crippen LogP contribution in [-0.4, -0.2) is 47.6 Å². The Morgan fingerprint density at radius 2 is 1.68 bits per heavy atom. The molecule has 1 aromatic carbocycles. The molecule has 0 spiro atoms. The van der Waals surface area contributed by atoms with Gasteiger partial charge in [-0.2, -0.15) is 0 Å². The maximum absolute atomic E-state index is 12.9. The van der Waals surface area contributed by atoms with E-state index in [1.54, 1.807) is 30.5 Å². The van der Waals surface area contributed by atoms with E-state index in [-0.39, 0.29) is 17.7 Å². The van der Waals surface area contributed by atoms with Crippen LogP contribution in [0.5, 0.6) is 11.5 Å². The van der Waals surface area contributed by atoms with Crippen LogP contribution >= 0.6 is 0 Å². The number of rotatable bonds is 7. The third-order valence-corrected chi connectivity index (χ3v) is 4.25. The molecular formula is C21H26N2O5. The van der Waals surface area contributed by atoms with Crippen molar-refractivity contribution in [1.82, 2.24) is 9.88 Å². The molecule has 0 aliphatic carbocycles. The van der Waals surface area contributed by atoms with Gasteiger partial charge in [-0.15, -0.1) is 0 Å². The maximum atomic E-state index is 12.9. The minimum Gasteiger partial charge on any atom is -0.497 e. The molecule has 0 atom stereocenters. The van der Waals surface area contributed by atoms with Gasteiger partial charge in [0.2, 0.25) is 0 Å². The van der Waals surface area contributed by atoms with Gasteiger partial charge in [0.15, 0.2) is 0 Å². The van der Waals surface area contributed by atoms with Gasteiger partial charge in [0.1, 0.15) is 23.7 Å². The first-order chi connectivity index (χ1) is 13.1. The lowest BCUT2D eigenvalue weighted by Gasteiger charge is -2.22. The molecule has 1 N–H and O–H groups in total. The summed E-state index contributed by atoms with van der Waals surface area (Å²) in [7, 11) is 3.05. The molecule has 28 heavy (non-hydrogen) atoms. The van der Waals surface area contributed by atoms with E-state index in [0.29, 0.717) is 17.1 Å². The number of hydrogen-bond donors (Lipinski definition) is 1. The number of carboxylic acids is 1. The van der Waals surface area contributed by atoms with Crippen molar-refractivity contribution in [2.24, 2.45) is 0 Å². The molecule has 1 aromatic heterocycles. The van der Waals surface area contributed by atoms with Crippen molar-refractivity contribution in [2.45, 2.75) is 32.7 Å². The molecule has 0 fully saturated rings. The zero-order chi connectivity index (χ0) is 20.9. The zero-order valence-electron chi connectivity index (χ0n) is 16.9. The van der Waals surface area contributed by atoms with E-state index in [1.807, 2.05) is 6.07 Å². The fourth-order valence-electron chi connectivity index (χ4n) is 2.67. The Morgan fingerprint density at radius 1 is 1.07 bits per heavy atom. The molecule has 0 bridgehead atoms. The van der Waals surface area contributed by atoms with Gasteiger partial charge in [-0.1, -0.05) is 26.8 Å². The van der Waals surface area contributed by atoms with Gasteiger partial charge in [0, 0.05) is 18.8 Å². The Balaban J connectivity index is 2.30. The summed E-state index contributed by atoms with van der Waals surface area (Å²) in [6.07, 6.45) is 1.65. The van der Waals surface area contributed by atoms with E-state index < -0.39 is 18.4 Å². The molecule has 150 valence electrons. The second kappa shape index (κ2) is 8.73. The minimum absolute atomic E-state index is 0.0847. The average molecular weight is 386 g/mol. The standard InChI is InChI=1S/C21H26N2O5/c1-21(2,3)15-6-7-18(22-11-15)20(26)23(13-19(24)25)12-14-8-16(27-4)10-17(9-14)28-5/h6-11H,12-13H2,1-5H3,(H,24,25). The lowest BCUT2D eigenvalue weighted by Crippen LogP contribution is -2.35. The summed E-state index contributed by atoms with van der Waals surface area (Å²) in [6.45, 7) is 5.80. The first-order valence-electron chi connectivity index (χ1n) is 8.83. The van der Waals surface area contributed by atoms with Gasteiger partial charge in [-0.05, 0) is 34.7 Å². The minimum atomic E-state index is -1.10. The van der Waals surface area contributed by atoms with Gasteiger partial charge in [0.05, 0.1) is 14.2 Å². The normalized spacial score (nSPS) is 11.0. The third-order valence-electron chi connectivity index (χ3n) is 4.25. The predicted molar refractivity (Wildman–Crippen MR) is 105 cm³/mol. The molecular weight excluding hydrogens is 360 g/mol. The Labute approximate surface area is 164 Å². The zero-order valence-corrected chi connectivity index (χ0v) is 16.9. The van der Waals surface area contributed by atoms with Crippen LogP contribution in [0.1, 0.15) is 42.4 Å². The largest absolute Gasteiger partial charge is 0.497 e. The van der Waals surface area contributed by atoms with Crippen LogP contribution in [0.4, 0.5) is 0 Å². The van der Waals surface area contributed by atoms with Crippen molar-refractivity contribution in [1.29, 1.82) is 0 Å². The summed E-state index contributed by atoms with van der Waals surface area (Å²) in [5, 5.41) is 9.25. The average Bonchev–Trinajstić information content (AvgIpc) is 2.65. The SMILES string of the molecule is COc1cc(CN(CC(=O)O)C(=O)c2ccc(C(C)(C)C)cn2)cc(OC)c1. The topological polar surface area (TPSA) is 89.0 Å². The lowest BCUT2D eigenvalue weighted by molar-refractivity contribution is -0.137. The van der Waals surface area contributed by atoms with Crippen LogP contribution < -0.4 is 9.47 Å². The van der Waals surface area contributed by atoms with Crippen molar-refractivity contribution < 1.29 is 24.2 Å². The maximum Gasteiger partial charge on any atom is 0.323 e. The predicted octanol–water partition coefficient (Wildman–Crippen LogP) is 3.12. The number of carboxylic acid groups (broad SMARTS) is 1. The monoisotopic (exact) mass is 386 g/mol. The fraction of sp³-hybridized carbons (Fsp3) is 0.381. The van der Waals surface area contributed by atoms with E-state index >= 15 is 0 Å². The lowest BCUT2D eigenvalue weighted by atomic mass is 9.88. The Bertz CT molecular complexity index is 819. The summed E-state index contributed by atoms with van der Waals surface area (Å²) in [5.74, 6) is -0.436. The molecule has 7 heteroatoms. The number of carbonyl (C=O) groups excluding carboxylic acids is 1. The van der Waals surface area contributed by atoms with Crippen molar-refractivity contribution >= 4 is 11.9 Å². The fourth-order valence-corrected chi connectivity index (χ4v) is 2.67. The van der Waals surface area contributed by atoms with Gasteiger partial charge in [0.25, 0.3) is 5.91 Å². The van der Waals surface area contributed by atoms with Gasteiger partial charge >= 0.3 is 5.97 Å². The van der Waals surface area contributed by atoms with Gasteiger partial charge < -0.3 is 19.5 Å². The van der Waals surface area contributed by atoms with Crippen molar-refractivity contribution in [2.75, 3.05) is 20.8 Å². The molecule has 0 radical (unpaired) electrons. The summed E-state index contributed by atoms with van der Waals surface area (Å²) >= 11 is 0. The molecule has 1 amide bonds. The third kappa shape index (κ3) is 5.45. The number of amides is 1. The van der Waals surface area contributed by atoms with Crippen LogP contribution in [0, 0.1) is 0 Å². The molecule has 0 saturated carbocycles. The van der Waals surface area contributed by atoms with Gasteiger partial charge in [-0.3, -0.25) is 14.6 Å².